The first kappa shape index (κ1) is 9.23. The quantitative estimate of drug-likeness (QED) is 0.619. The van der Waals surface area contributed by atoms with Crippen LogP contribution in [0.4, 0.5) is 0 Å². The van der Waals surface area contributed by atoms with Gasteiger partial charge in [-0.2, -0.15) is 0 Å². The van der Waals surface area contributed by atoms with Gasteiger partial charge in [0.05, 0.1) is 0 Å². The average Bonchev–Trinajstić information content (AvgIpc) is 2.78. The summed E-state index contributed by atoms with van der Waals surface area (Å²) in [4.78, 5) is 0. The van der Waals surface area contributed by atoms with Gasteiger partial charge in [0, 0.05) is 5.92 Å². The summed E-state index contributed by atoms with van der Waals surface area (Å²) in [6, 6.07) is 8.85. The van der Waals surface area contributed by atoms with Gasteiger partial charge in [-0.05, 0) is 34.6 Å². The Morgan fingerprint density at radius 1 is 1.00 bits per heavy atom. The van der Waals surface area contributed by atoms with E-state index in [1.165, 1.54) is 28.7 Å². The molecular formula is C17H14. The summed E-state index contributed by atoms with van der Waals surface area (Å²) in [6.45, 7) is 0. The van der Waals surface area contributed by atoms with E-state index in [4.69, 9.17) is 0 Å². The molecule has 0 heterocycles. The van der Waals surface area contributed by atoms with Crippen LogP contribution in [0.25, 0.3) is 5.57 Å². The fraction of sp³-hybridized carbons (Fsp3) is 0.176. The largest absolute Gasteiger partial charge is 0.0764 e. The maximum Gasteiger partial charge on any atom is 0.00932 e. The van der Waals surface area contributed by atoms with E-state index in [1.54, 1.807) is 0 Å². The molecule has 1 aromatic rings. The third-order valence-corrected chi connectivity index (χ3v) is 4.16. The third kappa shape index (κ3) is 1.24. The molecule has 0 nitrogen and oxygen atoms in total. The van der Waals surface area contributed by atoms with Crippen LogP contribution in [0.2, 0.25) is 0 Å². The lowest BCUT2D eigenvalue weighted by Crippen LogP contribution is -2.17. The van der Waals surface area contributed by atoms with Crippen molar-refractivity contribution in [1.29, 1.82) is 0 Å². The van der Waals surface area contributed by atoms with Gasteiger partial charge >= 0.3 is 0 Å². The standard InChI is InChI=1S/C17H14/c1-3-7-14-12(5-1)9-10-16-15-8-4-2-6-13(15)11-17(14)16/h1-10,14,17H,11H2. The van der Waals surface area contributed by atoms with Crippen LogP contribution in [0.1, 0.15) is 11.1 Å². The van der Waals surface area contributed by atoms with E-state index in [9.17, 15) is 0 Å². The minimum Gasteiger partial charge on any atom is -0.0764 e. The van der Waals surface area contributed by atoms with Crippen LogP contribution >= 0.6 is 0 Å². The van der Waals surface area contributed by atoms with Gasteiger partial charge in [-0.15, -0.1) is 0 Å². The molecule has 0 spiro atoms. The molecule has 82 valence electrons. The van der Waals surface area contributed by atoms with Crippen molar-refractivity contribution in [1.82, 2.24) is 0 Å². The van der Waals surface area contributed by atoms with E-state index >= 15 is 0 Å². The lowest BCUT2D eigenvalue weighted by Gasteiger charge is -2.28. The fourth-order valence-electron chi connectivity index (χ4n) is 3.35. The highest BCUT2D eigenvalue weighted by molar-refractivity contribution is 5.78. The number of hydrogen-bond acceptors (Lipinski definition) is 0. The number of benzene rings is 1. The number of rotatable bonds is 0. The molecule has 0 saturated heterocycles. The minimum atomic E-state index is 0.590. The highest BCUT2D eigenvalue weighted by Crippen LogP contribution is 2.47. The molecule has 0 aromatic heterocycles. The summed E-state index contributed by atoms with van der Waals surface area (Å²) in [5.74, 6) is 1.25. The molecule has 2 atom stereocenters. The van der Waals surface area contributed by atoms with Gasteiger partial charge in [-0.25, -0.2) is 0 Å². The van der Waals surface area contributed by atoms with Gasteiger partial charge in [0.1, 0.15) is 0 Å². The first-order valence-electron chi connectivity index (χ1n) is 6.28. The van der Waals surface area contributed by atoms with E-state index in [-0.39, 0.29) is 0 Å². The van der Waals surface area contributed by atoms with Gasteiger partial charge in [-0.1, -0.05) is 60.7 Å². The predicted octanol–water partition coefficient (Wildman–Crippen LogP) is 3.92. The van der Waals surface area contributed by atoms with Crippen LogP contribution in [-0.2, 0) is 6.42 Å². The zero-order chi connectivity index (χ0) is 11.2. The van der Waals surface area contributed by atoms with Crippen molar-refractivity contribution in [3.63, 3.8) is 0 Å². The van der Waals surface area contributed by atoms with Crippen LogP contribution in [0.5, 0.6) is 0 Å². The monoisotopic (exact) mass is 218 g/mol. The maximum atomic E-state index is 2.36. The Bertz CT molecular complexity index is 596. The van der Waals surface area contributed by atoms with Gasteiger partial charge < -0.3 is 0 Å². The molecule has 0 saturated carbocycles. The molecule has 2 unspecified atom stereocenters. The first-order chi connectivity index (χ1) is 8.43. The molecule has 0 fully saturated rings. The average molecular weight is 218 g/mol. The Labute approximate surface area is 102 Å². The van der Waals surface area contributed by atoms with Crippen LogP contribution < -0.4 is 0 Å². The summed E-state index contributed by atoms with van der Waals surface area (Å²) >= 11 is 0. The maximum absolute atomic E-state index is 2.36. The Hall–Kier alpha value is -1.82. The minimum absolute atomic E-state index is 0.590. The zero-order valence-electron chi connectivity index (χ0n) is 9.64. The highest BCUT2D eigenvalue weighted by atomic mass is 14.4. The summed E-state index contributed by atoms with van der Waals surface area (Å²) in [5, 5.41) is 0. The second kappa shape index (κ2) is 3.33. The molecule has 3 aliphatic carbocycles. The smallest absolute Gasteiger partial charge is 0.00932 e. The number of fused-ring (bicyclic) bond motifs is 5. The van der Waals surface area contributed by atoms with E-state index in [1.807, 2.05) is 0 Å². The molecule has 1 aromatic carbocycles. The normalized spacial score (nSPS) is 28.0. The Morgan fingerprint density at radius 2 is 1.94 bits per heavy atom. The fourth-order valence-corrected chi connectivity index (χ4v) is 3.35. The molecule has 17 heavy (non-hydrogen) atoms. The van der Waals surface area contributed by atoms with E-state index in [2.05, 4.69) is 60.7 Å². The second-order valence-electron chi connectivity index (χ2n) is 5.03. The molecule has 0 aliphatic heterocycles. The SMILES string of the molecule is C1=CC2=CC=C3c4ccccc4CC3C2C=C1. The van der Waals surface area contributed by atoms with Crippen LogP contribution in [-0.4, -0.2) is 0 Å². The molecule has 0 amide bonds. The predicted molar refractivity (Wildman–Crippen MR) is 71.5 cm³/mol. The van der Waals surface area contributed by atoms with E-state index in [0.717, 1.165) is 0 Å². The van der Waals surface area contributed by atoms with Crippen molar-refractivity contribution in [2.75, 3.05) is 0 Å². The van der Waals surface area contributed by atoms with Crippen molar-refractivity contribution in [3.8, 4) is 0 Å². The Kier molecular flexibility index (Phi) is 1.81. The number of hydrogen-bond donors (Lipinski definition) is 0. The van der Waals surface area contributed by atoms with Gasteiger partial charge in [0.15, 0.2) is 0 Å². The van der Waals surface area contributed by atoms with Gasteiger partial charge in [0.25, 0.3) is 0 Å². The Morgan fingerprint density at radius 3 is 2.94 bits per heavy atom. The van der Waals surface area contributed by atoms with Crippen molar-refractivity contribution in [2.45, 2.75) is 6.42 Å². The lowest BCUT2D eigenvalue weighted by molar-refractivity contribution is 0.565. The molecular weight excluding hydrogens is 204 g/mol. The van der Waals surface area contributed by atoms with E-state index < -0.39 is 0 Å². The second-order valence-corrected chi connectivity index (χ2v) is 5.03. The molecule has 4 rings (SSSR count). The molecule has 0 heteroatoms. The van der Waals surface area contributed by atoms with Crippen LogP contribution in [0, 0.1) is 11.8 Å². The number of allylic oxidation sites excluding steroid dienone is 8. The van der Waals surface area contributed by atoms with Gasteiger partial charge in [0.2, 0.25) is 0 Å². The van der Waals surface area contributed by atoms with Crippen molar-refractivity contribution in [2.24, 2.45) is 11.8 Å². The highest BCUT2D eigenvalue weighted by Gasteiger charge is 2.34. The third-order valence-electron chi connectivity index (χ3n) is 4.16. The van der Waals surface area contributed by atoms with E-state index in [0.29, 0.717) is 11.8 Å². The topological polar surface area (TPSA) is 0 Å². The van der Waals surface area contributed by atoms with Crippen molar-refractivity contribution < 1.29 is 0 Å². The van der Waals surface area contributed by atoms with Crippen molar-refractivity contribution in [3.05, 3.63) is 77.4 Å². The lowest BCUT2D eigenvalue weighted by atomic mass is 9.76. The molecule has 0 radical (unpaired) electrons. The first-order valence-corrected chi connectivity index (χ1v) is 6.28. The van der Waals surface area contributed by atoms with Crippen LogP contribution in [0.3, 0.4) is 0 Å². The summed E-state index contributed by atoms with van der Waals surface area (Å²) in [6.07, 6.45) is 14.8. The summed E-state index contributed by atoms with van der Waals surface area (Å²) in [7, 11) is 0. The van der Waals surface area contributed by atoms with Crippen LogP contribution in [0.15, 0.2) is 66.3 Å². The molecule has 3 aliphatic rings. The molecule has 0 N–H and O–H groups in total. The summed E-state index contributed by atoms with van der Waals surface area (Å²) < 4.78 is 0. The van der Waals surface area contributed by atoms with Crippen molar-refractivity contribution >= 4 is 5.57 Å². The van der Waals surface area contributed by atoms with Gasteiger partial charge in [-0.3, -0.25) is 0 Å². The Balaban J connectivity index is 1.87. The summed E-state index contributed by atoms with van der Waals surface area (Å²) in [5.41, 5.74) is 5.99. The zero-order valence-corrected chi connectivity index (χ0v) is 9.64. The molecule has 0 bridgehead atoms.